The van der Waals surface area contributed by atoms with Gasteiger partial charge >= 0.3 is 0 Å². The summed E-state index contributed by atoms with van der Waals surface area (Å²) >= 11 is 0. The second-order valence-electron chi connectivity index (χ2n) is 4.72. The van der Waals surface area contributed by atoms with Crippen molar-refractivity contribution in [3.05, 3.63) is 47.5 Å². The molecular formula is C13H13F2N5O. The summed E-state index contributed by atoms with van der Waals surface area (Å²) in [6.45, 7) is 1.38. The van der Waals surface area contributed by atoms with E-state index in [9.17, 15) is 13.6 Å². The van der Waals surface area contributed by atoms with Crippen molar-refractivity contribution in [3.63, 3.8) is 0 Å². The third-order valence-corrected chi connectivity index (χ3v) is 3.47. The number of fused-ring (bicyclic) bond motifs is 1. The predicted molar refractivity (Wildman–Crippen MR) is 71.1 cm³/mol. The number of benzene rings is 1. The maximum atomic E-state index is 13.7. The van der Waals surface area contributed by atoms with Crippen molar-refractivity contribution in [1.82, 2.24) is 14.5 Å². The molecule has 2 aromatic rings. The monoisotopic (exact) mass is 293 g/mol. The third kappa shape index (κ3) is 2.33. The summed E-state index contributed by atoms with van der Waals surface area (Å²) in [6.07, 6.45) is 3.49. The second kappa shape index (κ2) is 5.13. The van der Waals surface area contributed by atoms with E-state index in [2.05, 4.69) is 4.98 Å². The average molecular weight is 293 g/mol. The standard InChI is InChI=1S/C13H13F2N5O/c14-9-5-8(6-10(15)12(9)18-16)13(21)20-4-3-19-2-1-17-11(19)7-20/h1-2,5-6,18H,3-4,7,16H2. The van der Waals surface area contributed by atoms with E-state index in [0.717, 1.165) is 18.0 Å². The first-order chi connectivity index (χ1) is 10.1. The van der Waals surface area contributed by atoms with Crippen LogP contribution in [0.2, 0.25) is 0 Å². The van der Waals surface area contributed by atoms with Crippen molar-refractivity contribution in [2.24, 2.45) is 5.84 Å². The van der Waals surface area contributed by atoms with Crippen molar-refractivity contribution >= 4 is 11.6 Å². The van der Waals surface area contributed by atoms with E-state index in [1.54, 1.807) is 6.20 Å². The van der Waals surface area contributed by atoms with Gasteiger partial charge in [-0.1, -0.05) is 0 Å². The molecule has 3 N–H and O–H groups in total. The minimum atomic E-state index is -0.903. The SMILES string of the molecule is NNc1c(F)cc(C(=O)N2CCn3ccnc3C2)cc1F. The lowest BCUT2D eigenvalue weighted by molar-refractivity contribution is 0.0706. The van der Waals surface area contributed by atoms with Crippen LogP contribution in [0.5, 0.6) is 0 Å². The van der Waals surface area contributed by atoms with Crippen molar-refractivity contribution in [2.75, 3.05) is 12.0 Å². The van der Waals surface area contributed by atoms with Crippen LogP contribution in [0, 0.1) is 11.6 Å². The van der Waals surface area contributed by atoms with Crippen molar-refractivity contribution in [1.29, 1.82) is 0 Å². The lowest BCUT2D eigenvalue weighted by Gasteiger charge is -2.27. The quantitative estimate of drug-likeness (QED) is 0.642. The van der Waals surface area contributed by atoms with E-state index in [0.29, 0.717) is 19.6 Å². The molecule has 0 spiro atoms. The van der Waals surface area contributed by atoms with Gasteiger partial charge in [-0.05, 0) is 12.1 Å². The molecule has 0 atom stereocenters. The Labute approximate surface area is 119 Å². The van der Waals surface area contributed by atoms with Crippen LogP contribution in [-0.2, 0) is 13.1 Å². The molecule has 21 heavy (non-hydrogen) atoms. The summed E-state index contributed by atoms with van der Waals surface area (Å²) in [6, 6.07) is 1.95. The Hall–Kier alpha value is -2.48. The molecule has 0 bridgehead atoms. The molecule has 0 saturated carbocycles. The number of carbonyl (C=O) groups excluding carboxylic acids is 1. The van der Waals surface area contributed by atoms with Crippen LogP contribution in [-0.4, -0.2) is 26.9 Å². The van der Waals surface area contributed by atoms with Gasteiger partial charge < -0.3 is 14.9 Å². The maximum Gasteiger partial charge on any atom is 0.254 e. The first-order valence-corrected chi connectivity index (χ1v) is 6.35. The average Bonchev–Trinajstić information content (AvgIpc) is 2.93. The van der Waals surface area contributed by atoms with Gasteiger partial charge in [0.2, 0.25) is 0 Å². The Kier molecular flexibility index (Phi) is 3.30. The number of hydrazine groups is 1. The Morgan fingerprint density at radius 1 is 1.29 bits per heavy atom. The van der Waals surface area contributed by atoms with Gasteiger partial charge in [-0.15, -0.1) is 0 Å². The number of nitrogens with one attached hydrogen (secondary N) is 1. The number of nitrogens with two attached hydrogens (primary N) is 1. The first-order valence-electron chi connectivity index (χ1n) is 6.35. The molecule has 0 saturated heterocycles. The van der Waals surface area contributed by atoms with E-state index in [-0.39, 0.29) is 5.56 Å². The Morgan fingerprint density at radius 3 is 2.67 bits per heavy atom. The highest BCUT2D eigenvalue weighted by atomic mass is 19.1. The number of carbonyl (C=O) groups is 1. The lowest BCUT2D eigenvalue weighted by atomic mass is 10.1. The van der Waals surface area contributed by atoms with E-state index in [1.165, 1.54) is 4.90 Å². The molecule has 1 aromatic heterocycles. The number of aromatic nitrogens is 2. The number of hydrogen-bond donors (Lipinski definition) is 2. The van der Waals surface area contributed by atoms with E-state index < -0.39 is 23.2 Å². The summed E-state index contributed by atoms with van der Waals surface area (Å²) in [5.41, 5.74) is 1.42. The van der Waals surface area contributed by atoms with Gasteiger partial charge in [0.1, 0.15) is 11.5 Å². The Morgan fingerprint density at radius 2 is 2.00 bits per heavy atom. The maximum absolute atomic E-state index is 13.7. The zero-order chi connectivity index (χ0) is 15.0. The highest BCUT2D eigenvalue weighted by molar-refractivity contribution is 5.94. The number of rotatable bonds is 2. The predicted octanol–water partition coefficient (Wildman–Crippen LogP) is 1.10. The van der Waals surface area contributed by atoms with Crippen LogP contribution in [0.15, 0.2) is 24.5 Å². The minimum Gasteiger partial charge on any atom is -0.332 e. The molecule has 1 aliphatic heterocycles. The largest absolute Gasteiger partial charge is 0.332 e. The van der Waals surface area contributed by atoms with Crippen molar-refractivity contribution < 1.29 is 13.6 Å². The van der Waals surface area contributed by atoms with Crippen LogP contribution >= 0.6 is 0 Å². The smallest absolute Gasteiger partial charge is 0.254 e. The van der Waals surface area contributed by atoms with E-state index >= 15 is 0 Å². The zero-order valence-corrected chi connectivity index (χ0v) is 11.0. The fourth-order valence-electron chi connectivity index (χ4n) is 2.36. The summed E-state index contributed by atoms with van der Waals surface area (Å²) in [4.78, 5) is 18.0. The Balaban J connectivity index is 1.86. The third-order valence-electron chi connectivity index (χ3n) is 3.47. The number of amides is 1. The summed E-state index contributed by atoms with van der Waals surface area (Å²) < 4.78 is 29.3. The number of nitrogens with zero attached hydrogens (tertiary/aromatic N) is 3. The highest BCUT2D eigenvalue weighted by Gasteiger charge is 2.24. The Bertz CT molecular complexity index is 677. The topological polar surface area (TPSA) is 76.2 Å². The summed E-state index contributed by atoms with van der Waals surface area (Å²) in [5.74, 6) is 3.53. The number of halogens is 2. The van der Waals surface area contributed by atoms with Crippen molar-refractivity contribution in [3.8, 4) is 0 Å². The summed E-state index contributed by atoms with van der Waals surface area (Å²) in [7, 11) is 0. The number of nitrogen functional groups attached to an aromatic ring is 1. The molecule has 1 amide bonds. The molecule has 0 fully saturated rings. The fraction of sp³-hybridized carbons (Fsp3) is 0.231. The molecule has 0 aliphatic carbocycles. The van der Waals surface area contributed by atoms with E-state index in [4.69, 9.17) is 5.84 Å². The molecule has 8 heteroatoms. The van der Waals surface area contributed by atoms with Gasteiger partial charge in [0, 0.05) is 31.0 Å². The van der Waals surface area contributed by atoms with Crippen molar-refractivity contribution in [2.45, 2.75) is 13.1 Å². The molecule has 0 radical (unpaired) electrons. The van der Waals surface area contributed by atoms with Gasteiger partial charge in [0.05, 0.1) is 6.54 Å². The van der Waals surface area contributed by atoms with Crippen LogP contribution in [0.1, 0.15) is 16.2 Å². The van der Waals surface area contributed by atoms with E-state index in [1.807, 2.05) is 16.2 Å². The van der Waals surface area contributed by atoms with Crippen LogP contribution < -0.4 is 11.3 Å². The van der Waals surface area contributed by atoms with Crippen LogP contribution in [0.3, 0.4) is 0 Å². The second-order valence-corrected chi connectivity index (χ2v) is 4.72. The number of imidazole rings is 1. The van der Waals surface area contributed by atoms with Crippen LogP contribution in [0.4, 0.5) is 14.5 Å². The minimum absolute atomic E-state index is 0.0518. The van der Waals surface area contributed by atoms with Gasteiger partial charge in [0.15, 0.2) is 11.6 Å². The summed E-state index contributed by atoms with van der Waals surface area (Å²) in [5, 5.41) is 0. The molecule has 1 aromatic carbocycles. The molecule has 2 heterocycles. The highest BCUT2D eigenvalue weighted by Crippen LogP contribution is 2.22. The normalized spacial score (nSPS) is 14.0. The zero-order valence-electron chi connectivity index (χ0n) is 11.0. The molecule has 6 nitrogen and oxygen atoms in total. The first kappa shape index (κ1) is 13.5. The van der Waals surface area contributed by atoms with Gasteiger partial charge in [0.25, 0.3) is 5.91 Å². The van der Waals surface area contributed by atoms with Gasteiger partial charge in [-0.25, -0.2) is 13.8 Å². The van der Waals surface area contributed by atoms with Gasteiger partial charge in [-0.2, -0.15) is 0 Å². The van der Waals surface area contributed by atoms with Gasteiger partial charge in [-0.3, -0.25) is 10.6 Å². The lowest BCUT2D eigenvalue weighted by Crippen LogP contribution is -2.38. The fourth-order valence-corrected chi connectivity index (χ4v) is 2.36. The molecule has 0 unspecified atom stereocenters. The molecule has 3 rings (SSSR count). The molecular weight excluding hydrogens is 280 g/mol. The van der Waals surface area contributed by atoms with Crippen LogP contribution in [0.25, 0.3) is 0 Å². The molecule has 1 aliphatic rings. The molecule has 110 valence electrons. The number of anilines is 1. The number of hydrogen-bond acceptors (Lipinski definition) is 4.